The molecule has 4 rings (SSSR count). The molecule has 1 fully saturated rings. The van der Waals surface area contributed by atoms with Crippen molar-refractivity contribution >= 4 is 10.9 Å². The second-order valence-corrected chi connectivity index (χ2v) is 7.95. The van der Waals surface area contributed by atoms with Gasteiger partial charge in [0, 0.05) is 68.5 Å². The number of methoxy groups -OCH3 is 2. The van der Waals surface area contributed by atoms with E-state index in [0.29, 0.717) is 6.04 Å². The van der Waals surface area contributed by atoms with Crippen molar-refractivity contribution in [3.05, 3.63) is 59.8 Å². The molecule has 6 nitrogen and oxygen atoms in total. The fourth-order valence-corrected chi connectivity index (χ4v) is 4.43. The van der Waals surface area contributed by atoms with Gasteiger partial charge in [0.15, 0.2) is 0 Å². The van der Waals surface area contributed by atoms with Gasteiger partial charge in [0.05, 0.1) is 14.2 Å². The van der Waals surface area contributed by atoms with Crippen molar-refractivity contribution in [2.45, 2.75) is 25.6 Å². The van der Waals surface area contributed by atoms with Crippen LogP contribution in [0.25, 0.3) is 10.9 Å². The average molecular weight is 410 g/mol. The molecular weight excluding hydrogens is 378 g/mol. The molecule has 3 aromatic rings. The van der Waals surface area contributed by atoms with Crippen molar-refractivity contribution < 1.29 is 14.6 Å². The zero-order chi connectivity index (χ0) is 20.9. The summed E-state index contributed by atoms with van der Waals surface area (Å²) in [5, 5.41) is 11.0. The summed E-state index contributed by atoms with van der Waals surface area (Å²) in [6.45, 7) is 4.85. The SMILES string of the molecule is COc1cc(CN2CCN(Cc3c[nH]c4ccccc34)C[C@@H]2CCO)cc(OC)c1. The highest BCUT2D eigenvalue weighted by Gasteiger charge is 2.27. The Balaban J connectivity index is 1.45. The summed E-state index contributed by atoms with van der Waals surface area (Å²) in [5.41, 5.74) is 3.68. The summed E-state index contributed by atoms with van der Waals surface area (Å²) in [6.07, 6.45) is 2.89. The van der Waals surface area contributed by atoms with Crippen LogP contribution >= 0.6 is 0 Å². The molecule has 30 heavy (non-hydrogen) atoms. The van der Waals surface area contributed by atoms with Gasteiger partial charge in [0.25, 0.3) is 0 Å². The maximum atomic E-state index is 9.66. The van der Waals surface area contributed by atoms with Crippen LogP contribution in [0.1, 0.15) is 17.5 Å². The highest BCUT2D eigenvalue weighted by molar-refractivity contribution is 5.82. The molecule has 2 N–H and O–H groups in total. The molecule has 6 heteroatoms. The minimum absolute atomic E-state index is 0.198. The summed E-state index contributed by atoms with van der Waals surface area (Å²) in [5.74, 6) is 1.61. The van der Waals surface area contributed by atoms with Gasteiger partial charge in [-0.2, -0.15) is 0 Å². The van der Waals surface area contributed by atoms with E-state index >= 15 is 0 Å². The Morgan fingerprint density at radius 1 is 1.03 bits per heavy atom. The van der Waals surface area contributed by atoms with E-state index in [4.69, 9.17) is 9.47 Å². The van der Waals surface area contributed by atoms with Gasteiger partial charge in [0.2, 0.25) is 0 Å². The second-order valence-electron chi connectivity index (χ2n) is 7.95. The number of nitrogens with zero attached hydrogens (tertiary/aromatic N) is 2. The highest BCUT2D eigenvalue weighted by Crippen LogP contribution is 2.26. The average Bonchev–Trinajstić information content (AvgIpc) is 3.18. The molecule has 1 aliphatic rings. The lowest BCUT2D eigenvalue weighted by atomic mass is 10.1. The number of benzene rings is 2. The van der Waals surface area contributed by atoms with Crippen LogP contribution in [0, 0.1) is 0 Å². The molecule has 1 atom stereocenters. The van der Waals surface area contributed by atoms with Crippen LogP contribution in [-0.4, -0.2) is 66.4 Å². The van der Waals surface area contributed by atoms with Gasteiger partial charge >= 0.3 is 0 Å². The normalized spacial score (nSPS) is 18.0. The topological polar surface area (TPSA) is 61.0 Å². The number of aliphatic hydroxyl groups excluding tert-OH is 1. The zero-order valence-corrected chi connectivity index (χ0v) is 17.8. The first-order chi connectivity index (χ1) is 14.7. The van der Waals surface area contributed by atoms with Crippen LogP contribution in [0.4, 0.5) is 0 Å². The van der Waals surface area contributed by atoms with E-state index in [-0.39, 0.29) is 6.61 Å². The number of aliphatic hydroxyl groups is 1. The third kappa shape index (κ3) is 4.61. The number of aromatic nitrogens is 1. The molecule has 2 aromatic carbocycles. The fraction of sp³-hybridized carbons (Fsp3) is 0.417. The van der Waals surface area contributed by atoms with E-state index in [1.807, 2.05) is 6.07 Å². The number of rotatable bonds is 8. The Hall–Kier alpha value is -2.54. The molecule has 160 valence electrons. The van der Waals surface area contributed by atoms with Crippen molar-refractivity contribution in [1.29, 1.82) is 0 Å². The van der Waals surface area contributed by atoms with Crippen LogP contribution in [0.3, 0.4) is 0 Å². The zero-order valence-electron chi connectivity index (χ0n) is 17.8. The monoisotopic (exact) mass is 409 g/mol. The predicted octanol–water partition coefficient (Wildman–Crippen LogP) is 3.25. The molecule has 0 bridgehead atoms. The van der Waals surface area contributed by atoms with E-state index in [9.17, 15) is 5.11 Å². The maximum absolute atomic E-state index is 9.66. The smallest absolute Gasteiger partial charge is 0.122 e. The van der Waals surface area contributed by atoms with Crippen molar-refractivity contribution in [3.63, 3.8) is 0 Å². The van der Waals surface area contributed by atoms with Gasteiger partial charge in [0.1, 0.15) is 11.5 Å². The molecule has 0 radical (unpaired) electrons. The molecule has 0 spiro atoms. The Morgan fingerprint density at radius 2 is 1.80 bits per heavy atom. The summed E-state index contributed by atoms with van der Waals surface area (Å²) < 4.78 is 10.8. The number of fused-ring (bicyclic) bond motifs is 1. The van der Waals surface area contributed by atoms with Crippen LogP contribution in [0.5, 0.6) is 11.5 Å². The maximum Gasteiger partial charge on any atom is 0.122 e. The first-order valence-corrected chi connectivity index (χ1v) is 10.5. The first kappa shape index (κ1) is 20.7. The lowest BCUT2D eigenvalue weighted by Gasteiger charge is -2.41. The Morgan fingerprint density at radius 3 is 2.53 bits per heavy atom. The van der Waals surface area contributed by atoms with E-state index in [1.54, 1.807) is 14.2 Å². The Kier molecular flexibility index (Phi) is 6.57. The summed E-state index contributed by atoms with van der Waals surface area (Å²) >= 11 is 0. The standard InChI is InChI=1S/C24H31N3O3/c1-29-21-11-18(12-22(13-21)30-2)15-27-9-8-26(17-20(27)7-10-28)16-19-14-25-24-6-4-3-5-23(19)24/h3-6,11-14,20,25,28H,7-10,15-17H2,1-2H3/t20-/m0/s1. The number of para-hydroxylation sites is 1. The molecule has 1 aliphatic heterocycles. The van der Waals surface area contributed by atoms with Gasteiger partial charge in [-0.25, -0.2) is 0 Å². The van der Waals surface area contributed by atoms with Gasteiger partial charge in [-0.3, -0.25) is 9.80 Å². The molecule has 0 saturated carbocycles. The van der Waals surface area contributed by atoms with Crippen molar-refractivity contribution in [1.82, 2.24) is 14.8 Å². The number of piperazine rings is 1. The van der Waals surface area contributed by atoms with E-state index < -0.39 is 0 Å². The first-order valence-electron chi connectivity index (χ1n) is 10.5. The number of ether oxygens (including phenoxy) is 2. The molecule has 0 aliphatic carbocycles. The number of hydrogen-bond donors (Lipinski definition) is 2. The molecule has 0 unspecified atom stereocenters. The number of nitrogens with one attached hydrogen (secondary N) is 1. The molecule has 2 heterocycles. The Bertz CT molecular complexity index is 949. The van der Waals surface area contributed by atoms with Crippen LogP contribution in [-0.2, 0) is 13.1 Å². The summed E-state index contributed by atoms with van der Waals surface area (Å²) in [7, 11) is 3.35. The quantitative estimate of drug-likeness (QED) is 0.598. The van der Waals surface area contributed by atoms with E-state index in [0.717, 1.165) is 50.6 Å². The van der Waals surface area contributed by atoms with Crippen LogP contribution < -0.4 is 9.47 Å². The van der Waals surface area contributed by atoms with Crippen LogP contribution in [0.2, 0.25) is 0 Å². The van der Waals surface area contributed by atoms with Gasteiger partial charge in [-0.15, -0.1) is 0 Å². The molecule has 1 aromatic heterocycles. The number of aromatic amines is 1. The van der Waals surface area contributed by atoms with Crippen molar-refractivity contribution in [2.24, 2.45) is 0 Å². The predicted molar refractivity (Wildman–Crippen MR) is 119 cm³/mol. The van der Waals surface area contributed by atoms with Gasteiger partial charge in [-0.1, -0.05) is 18.2 Å². The lowest BCUT2D eigenvalue weighted by molar-refractivity contribution is 0.0501. The molecular formula is C24H31N3O3. The Labute approximate surface area is 178 Å². The highest BCUT2D eigenvalue weighted by atomic mass is 16.5. The minimum atomic E-state index is 0.198. The van der Waals surface area contributed by atoms with E-state index in [2.05, 4.69) is 57.4 Å². The fourth-order valence-electron chi connectivity index (χ4n) is 4.43. The summed E-state index contributed by atoms with van der Waals surface area (Å²) in [4.78, 5) is 8.34. The van der Waals surface area contributed by atoms with Crippen molar-refractivity contribution in [2.75, 3.05) is 40.5 Å². The minimum Gasteiger partial charge on any atom is -0.497 e. The second kappa shape index (κ2) is 9.51. The van der Waals surface area contributed by atoms with Gasteiger partial charge in [-0.05, 0) is 35.7 Å². The molecule has 1 saturated heterocycles. The van der Waals surface area contributed by atoms with Crippen molar-refractivity contribution in [3.8, 4) is 11.5 Å². The van der Waals surface area contributed by atoms with Gasteiger partial charge < -0.3 is 19.6 Å². The lowest BCUT2D eigenvalue weighted by Crippen LogP contribution is -2.52. The third-order valence-electron chi connectivity index (χ3n) is 6.02. The summed E-state index contributed by atoms with van der Waals surface area (Å²) in [6, 6.07) is 14.8. The molecule has 0 amide bonds. The van der Waals surface area contributed by atoms with Crippen LogP contribution in [0.15, 0.2) is 48.7 Å². The largest absolute Gasteiger partial charge is 0.497 e. The third-order valence-corrected chi connectivity index (χ3v) is 6.02. The van der Waals surface area contributed by atoms with E-state index in [1.165, 1.54) is 22.0 Å². The number of H-pyrrole nitrogens is 1. The number of hydrogen-bond acceptors (Lipinski definition) is 5.